The lowest BCUT2D eigenvalue weighted by molar-refractivity contribution is -0.0399. The minimum Gasteiger partial charge on any atom is -0.454 e. The molecule has 1 aromatic carbocycles. The zero-order valence-electron chi connectivity index (χ0n) is 12.5. The average Bonchev–Trinajstić information content (AvgIpc) is 3.13. The molecule has 0 spiro atoms. The predicted molar refractivity (Wildman–Crippen MR) is 78.9 cm³/mol. The van der Waals surface area contributed by atoms with Gasteiger partial charge in [-0.3, -0.25) is 4.90 Å². The van der Waals surface area contributed by atoms with Crippen molar-refractivity contribution in [2.24, 2.45) is 0 Å². The fourth-order valence-corrected chi connectivity index (χ4v) is 4.67. The summed E-state index contributed by atoms with van der Waals surface area (Å²) in [4.78, 5) is 2.21. The number of aliphatic hydroxyl groups is 1. The van der Waals surface area contributed by atoms with Crippen molar-refractivity contribution in [2.75, 3.05) is 20.4 Å². The highest BCUT2D eigenvalue weighted by molar-refractivity contribution is 5.56. The molecule has 1 aromatic rings. The van der Waals surface area contributed by atoms with Crippen LogP contribution in [-0.2, 0) is 10.2 Å². The Morgan fingerprint density at radius 2 is 2.14 bits per heavy atom. The van der Waals surface area contributed by atoms with E-state index in [2.05, 4.69) is 23.1 Å². The van der Waals surface area contributed by atoms with Gasteiger partial charge in [-0.1, -0.05) is 12.2 Å². The summed E-state index contributed by atoms with van der Waals surface area (Å²) in [6.07, 6.45) is 5.95. The van der Waals surface area contributed by atoms with Crippen LogP contribution in [0.5, 0.6) is 11.5 Å². The molecule has 1 fully saturated rings. The molecule has 22 heavy (non-hydrogen) atoms. The van der Waals surface area contributed by atoms with E-state index in [4.69, 9.17) is 14.2 Å². The Kier molecular flexibility index (Phi) is 2.50. The molecule has 1 N–H and O–H groups in total. The number of methoxy groups -OCH3 is 1. The van der Waals surface area contributed by atoms with Crippen molar-refractivity contribution in [3.63, 3.8) is 0 Å². The van der Waals surface area contributed by atoms with Crippen LogP contribution >= 0.6 is 0 Å². The first-order valence-corrected chi connectivity index (χ1v) is 7.83. The number of rotatable bonds is 1. The zero-order valence-corrected chi connectivity index (χ0v) is 12.5. The minimum atomic E-state index is -0.575. The Morgan fingerprint density at radius 3 is 2.95 bits per heavy atom. The third-order valence-corrected chi connectivity index (χ3v) is 5.78. The van der Waals surface area contributed by atoms with E-state index in [0.29, 0.717) is 0 Å². The summed E-state index contributed by atoms with van der Waals surface area (Å²) in [5.74, 6) is 1.53. The first kappa shape index (κ1) is 12.9. The number of hydrogen-bond acceptors (Lipinski definition) is 5. The van der Waals surface area contributed by atoms with Crippen LogP contribution in [0.4, 0.5) is 0 Å². The monoisotopic (exact) mass is 301 g/mol. The molecule has 5 atom stereocenters. The van der Waals surface area contributed by atoms with E-state index in [1.54, 1.807) is 7.11 Å². The Morgan fingerprint density at radius 1 is 1.32 bits per heavy atom. The summed E-state index contributed by atoms with van der Waals surface area (Å²) in [6, 6.07) is 4.31. The van der Waals surface area contributed by atoms with Gasteiger partial charge >= 0.3 is 0 Å². The van der Waals surface area contributed by atoms with Crippen LogP contribution in [-0.4, -0.2) is 42.6 Å². The highest BCUT2D eigenvalue weighted by Gasteiger charge is 2.56. The van der Waals surface area contributed by atoms with Crippen molar-refractivity contribution in [3.05, 3.63) is 35.4 Å². The average molecular weight is 301 g/mol. The molecule has 1 unspecified atom stereocenters. The molecule has 3 aliphatic heterocycles. The largest absolute Gasteiger partial charge is 0.454 e. The molecule has 5 nitrogen and oxygen atoms in total. The molecule has 116 valence electrons. The number of aliphatic hydroxyl groups excluding tert-OH is 1. The summed E-state index contributed by atoms with van der Waals surface area (Å²) >= 11 is 0. The molecule has 0 saturated carbocycles. The molecule has 5 rings (SSSR count). The normalized spacial score (nSPS) is 40.5. The summed E-state index contributed by atoms with van der Waals surface area (Å²) in [5, 5.41) is 10.8. The van der Waals surface area contributed by atoms with Crippen LogP contribution in [0.2, 0.25) is 0 Å². The van der Waals surface area contributed by atoms with Crippen LogP contribution in [0.25, 0.3) is 0 Å². The van der Waals surface area contributed by atoms with Crippen molar-refractivity contribution in [1.29, 1.82) is 0 Å². The van der Waals surface area contributed by atoms with Gasteiger partial charge in [0.1, 0.15) is 6.23 Å². The van der Waals surface area contributed by atoms with Gasteiger partial charge in [0, 0.05) is 30.7 Å². The lowest BCUT2D eigenvalue weighted by Crippen LogP contribution is -2.51. The van der Waals surface area contributed by atoms with Gasteiger partial charge < -0.3 is 19.3 Å². The molecule has 1 aliphatic carbocycles. The van der Waals surface area contributed by atoms with Crippen molar-refractivity contribution in [3.8, 4) is 11.5 Å². The SMILES string of the molecule is CO[C@H]1C=C[C@@]23CCN([C@@H](O)c4cc5c(cc42)OCO5)[C@@H]3C1. The molecule has 0 radical (unpaired) electrons. The number of ether oxygens (including phenoxy) is 3. The Balaban J connectivity index is 1.72. The lowest BCUT2D eigenvalue weighted by Gasteiger charge is -2.47. The fourth-order valence-electron chi connectivity index (χ4n) is 4.67. The van der Waals surface area contributed by atoms with E-state index in [1.165, 1.54) is 5.56 Å². The Bertz CT molecular complexity index is 673. The molecule has 5 heteroatoms. The van der Waals surface area contributed by atoms with Gasteiger partial charge in [-0.25, -0.2) is 0 Å². The number of benzene rings is 1. The standard InChI is InChI=1S/C17H19NO4/c1-20-10-2-3-17-4-5-18(15(17)6-10)16(19)11-7-13-14(8-12(11)17)22-9-21-13/h2-3,7-8,10,15-16,19H,4-6,9H2,1H3/t10-,15+,16-,17+/m0/s1. The van der Waals surface area contributed by atoms with E-state index in [0.717, 1.165) is 36.4 Å². The smallest absolute Gasteiger partial charge is 0.231 e. The quantitative estimate of drug-likeness (QED) is 0.800. The summed E-state index contributed by atoms with van der Waals surface area (Å²) in [5.41, 5.74) is 2.11. The second kappa shape index (κ2) is 4.25. The van der Waals surface area contributed by atoms with E-state index in [1.807, 2.05) is 6.07 Å². The molecule has 0 aromatic heterocycles. The molecule has 0 amide bonds. The lowest BCUT2D eigenvalue weighted by atomic mass is 9.66. The predicted octanol–water partition coefficient (Wildman–Crippen LogP) is 1.71. The van der Waals surface area contributed by atoms with Crippen molar-refractivity contribution >= 4 is 0 Å². The maximum Gasteiger partial charge on any atom is 0.231 e. The summed E-state index contributed by atoms with van der Waals surface area (Å²) in [7, 11) is 1.75. The maximum atomic E-state index is 10.8. The van der Waals surface area contributed by atoms with Crippen LogP contribution in [0.15, 0.2) is 24.3 Å². The first-order chi connectivity index (χ1) is 10.7. The highest BCUT2D eigenvalue weighted by Crippen LogP contribution is 2.56. The van der Waals surface area contributed by atoms with Gasteiger partial charge in [0.2, 0.25) is 6.79 Å². The minimum absolute atomic E-state index is 0.0371. The molecular weight excluding hydrogens is 282 g/mol. The van der Waals surface area contributed by atoms with E-state index >= 15 is 0 Å². The number of fused-ring (bicyclic) bond motifs is 2. The van der Waals surface area contributed by atoms with Gasteiger partial charge in [-0.2, -0.15) is 0 Å². The van der Waals surface area contributed by atoms with Gasteiger partial charge in [-0.05, 0) is 30.5 Å². The second-order valence-electron chi connectivity index (χ2n) is 6.58. The van der Waals surface area contributed by atoms with Crippen molar-refractivity contribution in [1.82, 2.24) is 4.90 Å². The maximum absolute atomic E-state index is 10.8. The third kappa shape index (κ3) is 1.44. The van der Waals surface area contributed by atoms with Crippen LogP contribution in [0.3, 0.4) is 0 Å². The van der Waals surface area contributed by atoms with Crippen LogP contribution in [0, 0.1) is 0 Å². The van der Waals surface area contributed by atoms with Gasteiger partial charge in [0.25, 0.3) is 0 Å². The Hall–Kier alpha value is -1.56. The molecule has 1 saturated heterocycles. The number of hydrogen-bond donors (Lipinski definition) is 1. The number of nitrogens with zero attached hydrogens (tertiary/aromatic N) is 1. The molecule has 4 aliphatic rings. The molecule has 2 bridgehead atoms. The fraction of sp³-hybridized carbons (Fsp3) is 0.529. The van der Waals surface area contributed by atoms with Gasteiger partial charge in [0.05, 0.1) is 6.10 Å². The van der Waals surface area contributed by atoms with Crippen molar-refractivity contribution in [2.45, 2.75) is 36.6 Å². The third-order valence-electron chi connectivity index (χ3n) is 5.78. The first-order valence-electron chi connectivity index (χ1n) is 7.83. The van der Waals surface area contributed by atoms with E-state index in [-0.39, 0.29) is 24.4 Å². The van der Waals surface area contributed by atoms with E-state index < -0.39 is 6.23 Å². The second-order valence-corrected chi connectivity index (χ2v) is 6.58. The topological polar surface area (TPSA) is 51.2 Å². The molecule has 3 heterocycles. The summed E-state index contributed by atoms with van der Waals surface area (Å²) in [6.45, 7) is 1.16. The highest BCUT2D eigenvalue weighted by atomic mass is 16.7. The molecular formula is C17H19NO4. The van der Waals surface area contributed by atoms with E-state index in [9.17, 15) is 5.11 Å². The van der Waals surface area contributed by atoms with Crippen LogP contribution < -0.4 is 9.47 Å². The van der Waals surface area contributed by atoms with Crippen LogP contribution in [0.1, 0.15) is 30.2 Å². The zero-order chi connectivity index (χ0) is 14.9. The van der Waals surface area contributed by atoms with Crippen molar-refractivity contribution < 1.29 is 19.3 Å². The van der Waals surface area contributed by atoms with Gasteiger partial charge in [-0.15, -0.1) is 0 Å². The van der Waals surface area contributed by atoms with Gasteiger partial charge in [0.15, 0.2) is 11.5 Å². The Labute approximate surface area is 129 Å². The summed E-state index contributed by atoms with van der Waals surface area (Å²) < 4.78 is 16.6.